The van der Waals surface area contributed by atoms with Crippen LogP contribution in [0.4, 0.5) is 0 Å². The van der Waals surface area contributed by atoms with Gasteiger partial charge in [-0.2, -0.15) is 0 Å². The van der Waals surface area contributed by atoms with Crippen LogP contribution in [-0.4, -0.2) is 32.1 Å². The van der Waals surface area contributed by atoms with Gasteiger partial charge in [-0.25, -0.2) is 0 Å². The van der Waals surface area contributed by atoms with Crippen molar-refractivity contribution in [1.82, 2.24) is 0 Å². The molecule has 0 fully saturated rings. The SMILES string of the molecule is CCCCOC(=O)CCCCC(OCCCC)OCCCC. The molecule has 4 heteroatoms. The summed E-state index contributed by atoms with van der Waals surface area (Å²) in [7, 11) is 0. The van der Waals surface area contributed by atoms with Gasteiger partial charge in [-0.1, -0.05) is 40.0 Å². The van der Waals surface area contributed by atoms with Gasteiger partial charge in [-0.05, 0) is 38.5 Å². The highest BCUT2D eigenvalue weighted by Gasteiger charge is 2.10. The maximum absolute atomic E-state index is 11.5. The Morgan fingerprint density at radius 1 is 0.773 bits per heavy atom. The van der Waals surface area contributed by atoms with Gasteiger partial charge in [0.15, 0.2) is 6.29 Å². The van der Waals surface area contributed by atoms with Gasteiger partial charge in [-0.15, -0.1) is 0 Å². The lowest BCUT2D eigenvalue weighted by molar-refractivity contribution is -0.149. The number of carbonyl (C=O) groups is 1. The summed E-state index contributed by atoms with van der Waals surface area (Å²) in [5, 5.41) is 0. The molecule has 0 unspecified atom stereocenters. The van der Waals surface area contributed by atoms with Gasteiger partial charge in [0, 0.05) is 19.6 Å². The van der Waals surface area contributed by atoms with Gasteiger partial charge in [0.2, 0.25) is 0 Å². The zero-order chi connectivity index (χ0) is 16.5. The van der Waals surface area contributed by atoms with Crippen molar-refractivity contribution in [2.24, 2.45) is 0 Å². The van der Waals surface area contributed by atoms with E-state index in [0.717, 1.165) is 71.0 Å². The molecule has 4 nitrogen and oxygen atoms in total. The second-order valence-corrected chi connectivity index (χ2v) is 5.70. The number of unbranched alkanes of at least 4 members (excludes halogenated alkanes) is 4. The summed E-state index contributed by atoms with van der Waals surface area (Å²) in [5.41, 5.74) is 0. The van der Waals surface area contributed by atoms with Crippen LogP contribution in [-0.2, 0) is 19.0 Å². The molecule has 0 aromatic rings. The van der Waals surface area contributed by atoms with E-state index in [2.05, 4.69) is 20.8 Å². The molecule has 0 spiro atoms. The van der Waals surface area contributed by atoms with E-state index in [9.17, 15) is 4.79 Å². The van der Waals surface area contributed by atoms with Gasteiger partial charge in [0.1, 0.15) is 0 Å². The average Bonchev–Trinajstić information content (AvgIpc) is 2.51. The van der Waals surface area contributed by atoms with E-state index in [-0.39, 0.29) is 12.3 Å². The molecule has 0 radical (unpaired) electrons. The van der Waals surface area contributed by atoms with Crippen LogP contribution in [0.25, 0.3) is 0 Å². The van der Waals surface area contributed by atoms with Crippen LogP contribution in [0.1, 0.15) is 85.0 Å². The Labute approximate surface area is 136 Å². The van der Waals surface area contributed by atoms with Crippen LogP contribution in [0.15, 0.2) is 0 Å². The molecule has 0 heterocycles. The van der Waals surface area contributed by atoms with Crippen molar-refractivity contribution in [2.45, 2.75) is 91.3 Å². The first-order chi connectivity index (χ1) is 10.7. The van der Waals surface area contributed by atoms with Crippen LogP contribution in [0.2, 0.25) is 0 Å². The molecule has 0 rings (SSSR count). The molecule has 0 N–H and O–H groups in total. The fourth-order valence-electron chi connectivity index (χ4n) is 1.92. The van der Waals surface area contributed by atoms with E-state index >= 15 is 0 Å². The van der Waals surface area contributed by atoms with Crippen LogP contribution in [0, 0.1) is 0 Å². The van der Waals surface area contributed by atoms with E-state index in [1.807, 2.05) is 0 Å². The topological polar surface area (TPSA) is 44.8 Å². The Morgan fingerprint density at radius 3 is 1.86 bits per heavy atom. The van der Waals surface area contributed by atoms with Gasteiger partial charge in [-0.3, -0.25) is 4.79 Å². The normalized spacial score (nSPS) is 11.1. The molecular formula is C18H36O4. The van der Waals surface area contributed by atoms with Crippen molar-refractivity contribution in [1.29, 1.82) is 0 Å². The quantitative estimate of drug-likeness (QED) is 0.232. The molecule has 22 heavy (non-hydrogen) atoms. The third-order valence-corrected chi connectivity index (χ3v) is 3.43. The van der Waals surface area contributed by atoms with Crippen LogP contribution in [0.3, 0.4) is 0 Å². The molecular weight excluding hydrogens is 280 g/mol. The minimum absolute atomic E-state index is 0.0798. The summed E-state index contributed by atoms with van der Waals surface area (Å²) in [6, 6.07) is 0. The molecule has 0 aromatic heterocycles. The second kappa shape index (κ2) is 16.8. The van der Waals surface area contributed by atoms with E-state index in [1.165, 1.54) is 0 Å². The minimum Gasteiger partial charge on any atom is -0.466 e. The van der Waals surface area contributed by atoms with E-state index in [0.29, 0.717) is 13.0 Å². The molecule has 0 saturated heterocycles. The summed E-state index contributed by atoms with van der Waals surface area (Å²) >= 11 is 0. The van der Waals surface area contributed by atoms with Gasteiger partial charge in [0.25, 0.3) is 0 Å². The Morgan fingerprint density at radius 2 is 1.32 bits per heavy atom. The zero-order valence-corrected chi connectivity index (χ0v) is 14.9. The molecule has 132 valence electrons. The number of hydrogen-bond acceptors (Lipinski definition) is 4. The van der Waals surface area contributed by atoms with Crippen LogP contribution < -0.4 is 0 Å². The van der Waals surface area contributed by atoms with Crippen molar-refractivity contribution in [3.05, 3.63) is 0 Å². The Kier molecular flexibility index (Phi) is 16.3. The lowest BCUT2D eigenvalue weighted by atomic mass is 10.2. The average molecular weight is 316 g/mol. The highest BCUT2D eigenvalue weighted by atomic mass is 16.7. The van der Waals surface area contributed by atoms with E-state index < -0.39 is 0 Å². The van der Waals surface area contributed by atoms with Gasteiger partial charge < -0.3 is 14.2 Å². The molecule has 0 bridgehead atoms. The minimum atomic E-state index is -0.116. The number of carbonyl (C=O) groups excluding carboxylic acids is 1. The lowest BCUT2D eigenvalue weighted by Gasteiger charge is -2.18. The predicted octanol–water partition coefficient (Wildman–Crippen LogP) is 4.85. The molecule has 0 amide bonds. The molecule has 0 aromatic carbocycles. The maximum Gasteiger partial charge on any atom is 0.305 e. The van der Waals surface area contributed by atoms with Crippen LogP contribution >= 0.6 is 0 Å². The number of ether oxygens (including phenoxy) is 3. The largest absolute Gasteiger partial charge is 0.466 e. The van der Waals surface area contributed by atoms with Crippen molar-refractivity contribution in [3.8, 4) is 0 Å². The molecule has 0 aliphatic rings. The van der Waals surface area contributed by atoms with Gasteiger partial charge in [0.05, 0.1) is 6.61 Å². The first-order valence-electron chi connectivity index (χ1n) is 9.13. The summed E-state index contributed by atoms with van der Waals surface area (Å²) < 4.78 is 16.7. The van der Waals surface area contributed by atoms with E-state index in [4.69, 9.17) is 14.2 Å². The van der Waals surface area contributed by atoms with Gasteiger partial charge >= 0.3 is 5.97 Å². The zero-order valence-electron chi connectivity index (χ0n) is 14.9. The fourth-order valence-corrected chi connectivity index (χ4v) is 1.92. The molecule has 0 aliphatic carbocycles. The summed E-state index contributed by atoms with van der Waals surface area (Å²) in [6.07, 6.45) is 9.42. The highest BCUT2D eigenvalue weighted by molar-refractivity contribution is 5.69. The third-order valence-electron chi connectivity index (χ3n) is 3.43. The van der Waals surface area contributed by atoms with Crippen molar-refractivity contribution >= 4 is 5.97 Å². The number of rotatable bonds is 16. The van der Waals surface area contributed by atoms with E-state index in [1.54, 1.807) is 0 Å². The standard InChI is InChI=1S/C18H36O4/c1-4-7-14-20-17(19)12-10-11-13-18(21-15-8-5-2)22-16-9-6-3/h18H,4-16H2,1-3H3. The monoisotopic (exact) mass is 316 g/mol. The lowest BCUT2D eigenvalue weighted by Crippen LogP contribution is -2.19. The summed E-state index contributed by atoms with van der Waals surface area (Å²) in [6.45, 7) is 8.46. The van der Waals surface area contributed by atoms with Crippen molar-refractivity contribution < 1.29 is 19.0 Å². The van der Waals surface area contributed by atoms with Crippen LogP contribution in [0.5, 0.6) is 0 Å². The first-order valence-corrected chi connectivity index (χ1v) is 9.13. The maximum atomic E-state index is 11.5. The summed E-state index contributed by atoms with van der Waals surface area (Å²) in [4.78, 5) is 11.5. The second-order valence-electron chi connectivity index (χ2n) is 5.70. The Hall–Kier alpha value is -0.610. The first kappa shape index (κ1) is 21.4. The Balaban J connectivity index is 3.73. The molecule has 0 aliphatic heterocycles. The van der Waals surface area contributed by atoms with Crippen molar-refractivity contribution in [3.63, 3.8) is 0 Å². The molecule has 0 saturated carbocycles. The Bertz CT molecular complexity index is 233. The smallest absolute Gasteiger partial charge is 0.305 e. The fraction of sp³-hybridized carbons (Fsp3) is 0.944. The number of hydrogen-bond donors (Lipinski definition) is 0. The highest BCUT2D eigenvalue weighted by Crippen LogP contribution is 2.11. The summed E-state index contributed by atoms with van der Waals surface area (Å²) in [5.74, 6) is -0.0798. The molecule has 0 atom stereocenters. The number of esters is 1. The predicted molar refractivity (Wildman–Crippen MR) is 89.8 cm³/mol. The van der Waals surface area contributed by atoms with Crippen molar-refractivity contribution in [2.75, 3.05) is 19.8 Å². The third kappa shape index (κ3) is 14.3.